The number of fused-ring (bicyclic) bond motifs is 1. The molecule has 6 aromatic rings. The minimum absolute atomic E-state index is 0.0532. The van der Waals surface area contributed by atoms with Crippen molar-refractivity contribution in [2.45, 2.75) is 5.25 Å². The number of halogens is 4. The van der Waals surface area contributed by atoms with E-state index in [1.165, 1.54) is 11.8 Å². The molecular weight excluding hydrogens is 903 g/mol. The molecule has 4 N–H and O–H groups in total. The summed E-state index contributed by atoms with van der Waals surface area (Å²) in [5, 5.41) is 20.5. The maximum absolute atomic E-state index is 12.2. The predicted molar refractivity (Wildman–Crippen MR) is 225 cm³/mol. The van der Waals surface area contributed by atoms with Crippen LogP contribution in [-0.4, -0.2) is 64.3 Å². The van der Waals surface area contributed by atoms with Gasteiger partial charge in [-0.25, -0.2) is 0 Å². The van der Waals surface area contributed by atoms with E-state index >= 15 is 0 Å². The number of carbonyl (C=O) groups excluding carboxylic acids is 2. The third kappa shape index (κ3) is 11.7. The molecule has 0 radical (unpaired) electrons. The average molecular weight is 936 g/mol. The van der Waals surface area contributed by atoms with Gasteiger partial charge in [0.2, 0.25) is 5.91 Å². The summed E-state index contributed by atoms with van der Waals surface area (Å²) in [7, 11) is 3.63. The van der Waals surface area contributed by atoms with Crippen molar-refractivity contribution >= 4 is 109 Å². The zero-order chi connectivity index (χ0) is 39.4. The molecule has 0 fully saturated rings. The number of rotatable bonds is 5. The van der Waals surface area contributed by atoms with Crippen LogP contribution in [0.5, 0.6) is 0 Å². The van der Waals surface area contributed by atoms with Crippen molar-refractivity contribution in [1.29, 1.82) is 0 Å². The van der Waals surface area contributed by atoms with Crippen LogP contribution < -0.4 is 11.1 Å². The van der Waals surface area contributed by atoms with Crippen LogP contribution in [0.3, 0.4) is 0 Å². The summed E-state index contributed by atoms with van der Waals surface area (Å²) in [5.74, 6) is 0.647. The van der Waals surface area contributed by atoms with E-state index in [9.17, 15) is 14.4 Å². The van der Waals surface area contributed by atoms with E-state index in [2.05, 4.69) is 70.0 Å². The van der Waals surface area contributed by atoms with E-state index in [1.54, 1.807) is 40.0 Å². The lowest BCUT2D eigenvalue weighted by Crippen LogP contribution is -2.15. The summed E-state index contributed by atoms with van der Waals surface area (Å²) in [6.07, 6.45) is 4.20. The van der Waals surface area contributed by atoms with Gasteiger partial charge < -0.3 is 16.2 Å². The van der Waals surface area contributed by atoms with Crippen molar-refractivity contribution in [3.8, 4) is 22.8 Å². The van der Waals surface area contributed by atoms with Crippen LogP contribution >= 0.6 is 79.5 Å². The van der Waals surface area contributed by atoms with Gasteiger partial charge in [-0.15, -0.1) is 11.8 Å². The van der Waals surface area contributed by atoms with E-state index in [0.717, 1.165) is 49.1 Å². The van der Waals surface area contributed by atoms with E-state index < -0.39 is 5.97 Å². The molecule has 0 bridgehead atoms. The van der Waals surface area contributed by atoms with Crippen LogP contribution in [0.2, 0.25) is 10.0 Å². The number of nitrogens with one attached hydrogen (secondary N) is 1. The predicted octanol–water partition coefficient (Wildman–Crippen LogP) is 8.65. The Balaban J connectivity index is 0.000000192. The number of amides is 1. The number of benzene rings is 2. The molecule has 1 atom stereocenters. The SMILES string of the molecule is Cn1nc(-c2ccccn2)c2c1NC(=O)CSC2c1ccc(Br)cc1Cl.Cn1nc(-c2ccccn2)cc1N.O=C(O)CS.O=Cc1ccc(Br)cc1Cl. The van der Waals surface area contributed by atoms with Gasteiger partial charge in [-0.05, 0) is 60.2 Å². The Kier molecular flexibility index (Phi) is 16.1. The number of nitrogens with zero attached hydrogens (tertiary/aromatic N) is 6. The van der Waals surface area contributed by atoms with Gasteiger partial charge in [-0.3, -0.25) is 33.7 Å². The van der Waals surface area contributed by atoms with Crippen molar-refractivity contribution in [3.05, 3.63) is 127 Å². The van der Waals surface area contributed by atoms with Gasteiger partial charge in [0, 0.05) is 57.7 Å². The second kappa shape index (κ2) is 20.5. The Hall–Kier alpha value is -4.19. The number of hydrogen-bond donors (Lipinski definition) is 4. The van der Waals surface area contributed by atoms with Gasteiger partial charge >= 0.3 is 5.97 Å². The number of anilines is 2. The topological polar surface area (TPSA) is 171 Å². The Morgan fingerprint density at radius 1 is 0.944 bits per heavy atom. The number of pyridine rings is 2. The summed E-state index contributed by atoms with van der Waals surface area (Å²) in [4.78, 5) is 40.4. The van der Waals surface area contributed by atoms with E-state index in [0.29, 0.717) is 33.0 Å². The van der Waals surface area contributed by atoms with E-state index in [1.807, 2.05) is 74.8 Å². The molecule has 0 saturated carbocycles. The molecule has 1 aliphatic heterocycles. The summed E-state index contributed by atoms with van der Waals surface area (Å²) >= 11 is 23.8. The fraction of sp³-hybridized carbons (Fsp3) is 0.139. The van der Waals surface area contributed by atoms with E-state index in [4.69, 9.17) is 34.0 Å². The van der Waals surface area contributed by atoms with Crippen molar-refractivity contribution in [1.82, 2.24) is 29.5 Å². The van der Waals surface area contributed by atoms with Gasteiger partial charge in [0.15, 0.2) is 6.29 Å². The highest BCUT2D eigenvalue weighted by molar-refractivity contribution is 9.10. The molecule has 0 spiro atoms. The number of aryl methyl sites for hydroxylation is 2. The Morgan fingerprint density at radius 3 is 2.07 bits per heavy atom. The van der Waals surface area contributed by atoms with Crippen molar-refractivity contribution in [3.63, 3.8) is 0 Å². The maximum atomic E-state index is 12.2. The Morgan fingerprint density at radius 2 is 1.56 bits per heavy atom. The molecule has 0 saturated heterocycles. The molecule has 18 heteroatoms. The molecule has 0 aliphatic carbocycles. The molecule has 280 valence electrons. The number of carboxylic acid groups (broad SMARTS) is 1. The van der Waals surface area contributed by atoms with Gasteiger partial charge in [-0.1, -0.05) is 73.3 Å². The molecule has 1 amide bonds. The molecule has 4 aromatic heterocycles. The summed E-state index contributed by atoms with van der Waals surface area (Å²) in [6, 6.07) is 24.1. The number of thioether (sulfide) groups is 1. The van der Waals surface area contributed by atoms with Crippen molar-refractivity contribution in [2.75, 3.05) is 22.6 Å². The summed E-state index contributed by atoms with van der Waals surface area (Å²) in [5.41, 5.74) is 11.2. The third-order valence-electron chi connectivity index (χ3n) is 7.21. The van der Waals surface area contributed by atoms with Crippen LogP contribution in [0, 0.1) is 0 Å². The molecule has 1 aliphatic rings. The maximum Gasteiger partial charge on any atom is 0.313 e. The van der Waals surface area contributed by atoms with Gasteiger partial charge in [-0.2, -0.15) is 22.8 Å². The van der Waals surface area contributed by atoms with Crippen molar-refractivity contribution < 1.29 is 19.5 Å². The number of carbonyl (C=O) groups is 3. The molecule has 12 nitrogen and oxygen atoms in total. The Labute approximate surface area is 347 Å². The lowest BCUT2D eigenvalue weighted by Gasteiger charge is -2.17. The monoisotopic (exact) mass is 932 g/mol. The Bertz CT molecular complexity index is 2210. The van der Waals surface area contributed by atoms with E-state index in [-0.39, 0.29) is 16.9 Å². The largest absolute Gasteiger partial charge is 0.481 e. The zero-order valence-corrected chi connectivity index (χ0v) is 34.9. The minimum atomic E-state index is -0.881. The number of hydrogen-bond acceptors (Lipinski definition) is 10. The van der Waals surface area contributed by atoms with Crippen molar-refractivity contribution in [2.24, 2.45) is 14.1 Å². The number of carboxylic acids is 1. The highest BCUT2D eigenvalue weighted by Gasteiger charge is 2.32. The lowest BCUT2D eigenvalue weighted by atomic mass is 10.0. The zero-order valence-electron chi connectivity index (χ0n) is 28.5. The third-order valence-corrected chi connectivity index (χ3v) is 10.4. The first-order valence-electron chi connectivity index (χ1n) is 15.6. The van der Waals surface area contributed by atoms with Gasteiger partial charge in [0.05, 0.1) is 33.2 Å². The van der Waals surface area contributed by atoms with Crippen LogP contribution in [0.25, 0.3) is 22.8 Å². The molecular formula is C36H32Br2Cl2N8O4S2. The fourth-order valence-corrected chi connectivity index (χ4v) is 7.45. The molecule has 2 aromatic carbocycles. The number of nitrogens with two attached hydrogens (primary N) is 1. The number of thiol groups is 1. The second-order valence-electron chi connectivity index (χ2n) is 11.0. The molecule has 54 heavy (non-hydrogen) atoms. The molecule has 1 unspecified atom stereocenters. The summed E-state index contributed by atoms with van der Waals surface area (Å²) in [6.45, 7) is 0. The second-order valence-corrected chi connectivity index (χ2v) is 15.0. The van der Waals surface area contributed by atoms with Crippen LogP contribution in [-0.2, 0) is 23.7 Å². The summed E-state index contributed by atoms with van der Waals surface area (Å²) < 4.78 is 5.12. The molecule has 5 heterocycles. The molecule has 7 rings (SSSR count). The van der Waals surface area contributed by atoms with Crippen LogP contribution in [0.4, 0.5) is 11.6 Å². The van der Waals surface area contributed by atoms with Gasteiger partial charge in [0.25, 0.3) is 0 Å². The fourth-order valence-electron chi connectivity index (χ4n) is 4.72. The number of aldehydes is 1. The standard InChI is InChI=1S/C18H14BrClN4OS.C9H10N4.C7H4BrClO.C2H4O2S/c1-24-18-15(16(23-24)13-4-2-3-7-21-13)17(26-9-14(25)22-18)11-6-5-10(19)8-12(11)20;1-13-9(10)6-8(12-13)7-4-2-3-5-11-7;8-6-2-1-5(4-10)7(9)3-6;3-2(4)1-5/h2-8,17H,9H2,1H3,(H,22,25);2-6H,10H2,1H3;1-4H;5H,1H2,(H,3,4). The quantitative estimate of drug-likeness (QED) is 0.0969. The highest BCUT2D eigenvalue weighted by Crippen LogP contribution is 2.47. The number of aromatic nitrogens is 6. The van der Waals surface area contributed by atoms with Crippen LogP contribution in [0.15, 0.2) is 100 Å². The normalized spacial score (nSPS) is 12.9. The van der Waals surface area contributed by atoms with Crippen LogP contribution in [0.1, 0.15) is 26.7 Å². The average Bonchev–Trinajstić information content (AvgIpc) is 3.60. The number of nitrogen functional groups attached to an aromatic ring is 1. The first-order valence-corrected chi connectivity index (χ1v) is 19.6. The highest BCUT2D eigenvalue weighted by atomic mass is 79.9. The lowest BCUT2D eigenvalue weighted by molar-refractivity contribution is -0.133. The smallest absolute Gasteiger partial charge is 0.313 e. The minimum Gasteiger partial charge on any atom is -0.481 e. The first-order chi connectivity index (χ1) is 25.8. The van der Waals surface area contributed by atoms with Gasteiger partial charge in [0.1, 0.15) is 23.0 Å². The first kappa shape index (κ1) is 42.6. The number of aliphatic carboxylic acids is 1.